The lowest BCUT2D eigenvalue weighted by Crippen LogP contribution is -3.13. The van der Waals surface area contributed by atoms with E-state index in [4.69, 9.17) is 4.74 Å². The van der Waals surface area contributed by atoms with E-state index in [2.05, 4.69) is 11.4 Å². The number of hydrogen-bond acceptors (Lipinski definition) is 5. The van der Waals surface area contributed by atoms with Crippen LogP contribution in [0.1, 0.15) is 54.5 Å². The van der Waals surface area contributed by atoms with Gasteiger partial charge in [0.1, 0.15) is 11.1 Å². The van der Waals surface area contributed by atoms with Gasteiger partial charge in [-0.15, -0.1) is 11.3 Å². The van der Waals surface area contributed by atoms with Crippen molar-refractivity contribution in [1.82, 2.24) is 0 Å². The number of aryl methyl sites for hydroxylation is 1. The largest absolute Gasteiger partial charge is 0.469 e. The molecule has 2 N–H and O–H groups in total. The van der Waals surface area contributed by atoms with Crippen molar-refractivity contribution >= 4 is 28.2 Å². The Morgan fingerprint density at radius 1 is 1.26 bits per heavy atom. The molecule has 27 heavy (non-hydrogen) atoms. The molecular formula is C20H28N3O3S+. The zero-order valence-electron chi connectivity index (χ0n) is 15.9. The van der Waals surface area contributed by atoms with Crippen molar-refractivity contribution in [3.8, 4) is 6.07 Å². The summed E-state index contributed by atoms with van der Waals surface area (Å²) in [5, 5.41) is 13.3. The molecule has 1 aliphatic heterocycles. The molecule has 1 saturated heterocycles. The highest BCUT2D eigenvalue weighted by Crippen LogP contribution is 2.36. The Labute approximate surface area is 164 Å². The number of rotatable bonds is 5. The summed E-state index contributed by atoms with van der Waals surface area (Å²) in [6, 6.07) is 2.31. The average Bonchev–Trinajstić information content (AvgIpc) is 2.85. The zero-order valence-corrected chi connectivity index (χ0v) is 16.8. The number of thiophene rings is 1. The van der Waals surface area contributed by atoms with Gasteiger partial charge in [-0.1, -0.05) is 6.42 Å². The summed E-state index contributed by atoms with van der Waals surface area (Å²) < 4.78 is 4.82. The first-order chi connectivity index (χ1) is 13.1. The van der Waals surface area contributed by atoms with E-state index in [0.717, 1.165) is 68.7 Å². The molecule has 0 aromatic carbocycles. The van der Waals surface area contributed by atoms with Crippen LogP contribution in [0.4, 0.5) is 5.00 Å². The topological polar surface area (TPSA) is 83.6 Å². The van der Waals surface area contributed by atoms with Gasteiger partial charge < -0.3 is 15.0 Å². The van der Waals surface area contributed by atoms with Crippen molar-refractivity contribution in [1.29, 1.82) is 5.26 Å². The van der Waals surface area contributed by atoms with Gasteiger partial charge in [-0.3, -0.25) is 9.59 Å². The SMILES string of the molecule is COC(=O)C1CC[NH+](CCC(=O)Nc2sc3c(c2C#N)CCCCC3)CC1. The van der Waals surface area contributed by atoms with Crippen LogP contribution in [0.25, 0.3) is 0 Å². The second kappa shape index (κ2) is 9.34. The number of amides is 1. The van der Waals surface area contributed by atoms with Gasteiger partial charge in [0, 0.05) is 17.7 Å². The monoisotopic (exact) mass is 390 g/mol. The number of methoxy groups -OCH3 is 1. The molecule has 0 saturated carbocycles. The fourth-order valence-electron chi connectivity index (χ4n) is 4.11. The Balaban J connectivity index is 1.50. The molecule has 1 aromatic rings. The number of esters is 1. The number of fused-ring (bicyclic) bond motifs is 1. The molecule has 3 rings (SSSR count). The lowest BCUT2D eigenvalue weighted by Gasteiger charge is -2.27. The third-order valence-electron chi connectivity index (χ3n) is 5.72. The molecule has 146 valence electrons. The number of nitrogens with zero attached hydrogens (tertiary/aromatic N) is 1. The number of piperidine rings is 1. The maximum absolute atomic E-state index is 12.4. The van der Waals surface area contributed by atoms with E-state index in [1.807, 2.05) is 0 Å². The number of anilines is 1. The normalized spacial score (nSPS) is 22.2. The second-order valence-electron chi connectivity index (χ2n) is 7.48. The van der Waals surface area contributed by atoms with Crippen molar-refractivity contribution in [2.24, 2.45) is 5.92 Å². The minimum atomic E-state index is -0.117. The van der Waals surface area contributed by atoms with Crippen molar-refractivity contribution in [3.63, 3.8) is 0 Å². The lowest BCUT2D eigenvalue weighted by atomic mass is 9.97. The van der Waals surface area contributed by atoms with E-state index >= 15 is 0 Å². The molecule has 0 radical (unpaired) electrons. The number of nitriles is 1. The molecule has 1 fully saturated rings. The highest BCUT2D eigenvalue weighted by atomic mass is 32.1. The lowest BCUT2D eigenvalue weighted by molar-refractivity contribution is -0.905. The Morgan fingerprint density at radius 2 is 2.00 bits per heavy atom. The van der Waals surface area contributed by atoms with Crippen LogP contribution in [0, 0.1) is 17.2 Å². The third kappa shape index (κ3) is 4.88. The van der Waals surface area contributed by atoms with E-state index in [1.165, 1.54) is 23.3 Å². The van der Waals surface area contributed by atoms with Crippen molar-refractivity contribution in [2.45, 2.75) is 51.4 Å². The Bertz CT molecular complexity index is 730. The van der Waals surface area contributed by atoms with Crippen LogP contribution in [0.15, 0.2) is 0 Å². The van der Waals surface area contributed by atoms with Crippen LogP contribution in [0.5, 0.6) is 0 Å². The van der Waals surface area contributed by atoms with E-state index in [9.17, 15) is 14.9 Å². The summed E-state index contributed by atoms with van der Waals surface area (Å²) in [5.74, 6) is -0.133. The number of ether oxygens (including phenoxy) is 1. The van der Waals surface area contributed by atoms with Crippen LogP contribution in [-0.4, -0.2) is 38.6 Å². The van der Waals surface area contributed by atoms with Crippen LogP contribution >= 0.6 is 11.3 Å². The molecule has 1 aliphatic carbocycles. The van der Waals surface area contributed by atoms with E-state index in [0.29, 0.717) is 12.0 Å². The summed E-state index contributed by atoms with van der Waals surface area (Å²) in [5.41, 5.74) is 1.84. The summed E-state index contributed by atoms with van der Waals surface area (Å²) in [4.78, 5) is 26.6. The fourth-order valence-corrected chi connectivity index (χ4v) is 5.36. The van der Waals surface area contributed by atoms with Gasteiger partial charge in [0.2, 0.25) is 5.91 Å². The number of quaternary nitrogens is 1. The van der Waals surface area contributed by atoms with Gasteiger partial charge in [0.15, 0.2) is 0 Å². The van der Waals surface area contributed by atoms with Gasteiger partial charge in [0.05, 0.1) is 44.6 Å². The van der Waals surface area contributed by atoms with Crippen molar-refractivity contribution in [2.75, 3.05) is 32.1 Å². The number of likely N-dealkylation sites (tertiary alicyclic amines) is 1. The molecule has 1 aromatic heterocycles. The third-order valence-corrected chi connectivity index (χ3v) is 6.93. The maximum Gasteiger partial charge on any atom is 0.309 e. The molecule has 7 heteroatoms. The van der Waals surface area contributed by atoms with Gasteiger partial charge in [-0.05, 0) is 31.2 Å². The Morgan fingerprint density at radius 3 is 2.70 bits per heavy atom. The number of nitrogens with one attached hydrogen (secondary N) is 2. The van der Waals surface area contributed by atoms with Crippen molar-refractivity contribution in [3.05, 3.63) is 16.0 Å². The molecule has 0 bridgehead atoms. The molecule has 6 nitrogen and oxygen atoms in total. The summed E-state index contributed by atoms with van der Waals surface area (Å²) in [6.45, 7) is 2.54. The zero-order chi connectivity index (χ0) is 19.2. The first kappa shape index (κ1) is 19.8. The van der Waals surface area contributed by atoms with Crippen LogP contribution in [-0.2, 0) is 27.2 Å². The molecule has 0 spiro atoms. The minimum absolute atomic E-state index is 0.00674. The predicted octanol–water partition coefficient (Wildman–Crippen LogP) is 1.69. The Hall–Kier alpha value is -1.91. The maximum atomic E-state index is 12.4. The first-order valence-electron chi connectivity index (χ1n) is 9.88. The second-order valence-corrected chi connectivity index (χ2v) is 8.58. The first-order valence-corrected chi connectivity index (χ1v) is 10.7. The molecule has 1 amide bonds. The molecule has 2 aliphatic rings. The molecule has 0 unspecified atom stereocenters. The molecule has 0 atom stereocenters. The number of carbonyl (C=O) groups is 2. The van der Waals surface area contributed by atoms with E-state index in [-0.39, 0.29) is 17.8 Å². The number of carbonyl (C=O) groups excluding carboxylic acids is 2. The quantitative estimate of drug-likeness (QED) is 0.592. The van der Waals surface area contributed by atoms with E-state index < -0.39 is 0 Å². The Kier molecular flexibility index (Phi) is 6.86. The van der Waals surface area contributed by atoms with Gasteiger partial charge in [-0.2, -0.15) is 5.26 Å². The molecule has 2 heterocycles. The van der Waals surface area contributed by atoms with Crippen LogP contribution in [0.3, 0.4) is 0 Å². The fraction of sp³-hybridized carbons (Fsp3) is 0.650. The van der Waals surface area contributed by atoms with Crippen molar-refractivity contribution < 1.29 is 19.2 Å². The van der Waals surface area contributed by atoms with E-state index in [1.54, 1.807) is 11.3 Å². The predicted molar refractivity (Wildman–Crippen MR) is 104 cm³/mol. The highest BCUT2D eigenvalue weighted by Gasteiger charge is 2.28. The van der Waals surface area contributed by atoms with Gasteiger partial charge in [-0.25, -0.2) is 0 Å². The average molecular weight is 391 g/mol. The summed E-state index contributed by atoms with van der Waals surface area (Å²) >= 11 is 1.58. The standard InChI is InChI=1S/C20H27N3O3S/c1-26-20(25)14-7-10-23(11-8-14)12-9-18(24)22-19-16(13-21)15-5-3-2-4-6-17(15)27-19/h14H,2-12H2,1H3,(H,22,24)/p+1. The summed E-state index contributed by atoms with van der Waals surface area (Å²) in [6.07, 6.45) is 7.54. The van der Waals surface area contributed by atoms with Gasteiger partial charge >= 0.3 is 5.97 Å². The number of hydrogen-bond donors (Lipinski definition) is 2. The minimum Gasteiger partial charge on any atom is -0.469 e. The van der Waals surface area contributed by atoms with Crippen LogP contribution < -0.4 is 10.2 Å². The molecular weight excluding hydrogens is 362 g/mol. The highest BCUT2D eigenvalue weighted by molar-refractivity contribution is 7.16. The van der Waals surface area contributed by atoms with Gasteiger partial charge in [0.25, 0.3) is 0 Å². The summed E-state index contributed by atoms with van der Waals surface area (Å²) in [7, 11) is 1.44. The van der Waals surface area contributed by atoms with Crippen LogP contribution in [0.2, 0.25) is 0 Å². The smallest absolute Gasteiger partial charge is 0.309 e.